The fourth-order valence-corrected chi connectivity index (χ4v) is 3.72. The number of anilines is 1. The molecule has 4 aromatic rings. The second-order valence-corrected chi connectivity index (χ2v) is 7.83. The van der Waals surface area contributed by atoms with Crippen LogP contribution in [0, 0.1) is 0 Å². The summed E-state index contributed by atoms with van der Waals surface area (Å²) in [5, 5.41) is 3.63. The maximum Gasteiger partial charge on any atom is 0.360 e. The second-order valence-electron chi connectivity index (χ2n) is 6.17. The van der Waals surface area contributed by atoms with Gasteiger partial charge in [-0.15, -0.1) is 0 Å². The van der Waals surface area contributed by atoms with E-state index in [2.05, 4.69) is 5.32 Å². The molecule has 0 saturated heterocycles. The Kier molecular flexibility index (Phi) is 5.59. The molecule has 0 spiro atoms. The van der Waals surface area contributed by atoms with Crippen LogP contribution in [0.15, 0.2) is 91.2 Å². The van der Waals surface area contributed by atoms with Gasteiger partial charge in [-0.2, -0.15) is 0 Å². The van der Waals surface area contributed by atoms with Gasteiger partial charge in [0.1, 0.15) is 26.9 Å². The van der Waals surface area contributed by atoms with Gasteiger partial charge in [-0.1, -0.05) is 72.5 Å². The van der Waals surface area contributed by atoms with Crippen LogP contribution >= 0.6 is 24.0 Å². The summed E-state index contributed by atoms with van der Waals surface area (Å²) < 4.78 is 11.1. The topological polar surface area (TPSA) is 72.5 Å². The van der Waals surface area contributed by atoms with Crippen LogP contribution in [0.3, 0.4) is 0 Å². The van der Waals surface area contributed by atoms with Crippen molar-refractivity contribution >= 4 is 45.0 Å². The Morgan fingerprint density at radius 1 is 0.897 bits per heavy atom. The third-order valence-electron chi connectivity index (χ3n) is 4.18. The lowest BCUT2D eigenvalue weighted by molar-refractivity contribution is 0.517. The summed E-state index contributed by atoms with van der Waals surface area (Å²) in [7, 11) is 0. The van der Waals surface area contributed by atoms with Crippen molar-refractivity contribution in [3.8, 4) is 11.3 Å². The summed E-state index contributed by atoms with van der Waals surface area (Å²) in [6.45, 7) is 0. The van der Waals surface area contributed by atoms with E-state index in [0.717, 1.165) is 10.9 Å². The number of para-hydroxylation sites is 1. The fraction of sp³-hybridized carbons (Fsp3) is 0.0455. The number of thiocarbonyl (C=S) groups is 1. The van der Waals surface area contributed by atoms with Gasteiger partial charge in [-0.25, -0.2) is 9.59 Å². The molecular formula is C22H15NO4S2. The Hall–Kier alpha value is -3.16. The van der Waals surface area contributed by atoms with Crippen molar-refractivity contribution in [1.82, 2.24) is 0 Å². The Morgan fingerprint density at radius 2 is 1.66 bits per heavy atom. The number of fused-ring (bicyclic) bond motifs is 1. The van der Waals surface area contributed by atoms with Crippen LogP contribution in [0.2, 0.25) is 0 Å². The highest BCUT2D eigenvalue weighted by Crippen LogP contribution is 2.21. The van der Waals surface area contributed by atoms with Crippen molar-refractivity contribution < 1.29 is 8.83 Å². The Labute approximate surface area is 175 Å². The molecule has 0 aliphatic carbocycles. The van der Waals surface area contributed by atoms with Gasteiger partial charge >= 0.3 is 11.3 Å². The highest BCUT2D eigenvalue weighted by molar-refractivity contribution is 8.22. The molecule has 4 rings (SSSR count). The standard InChI is InChI=1S/C22H15NO4S2/c24-20-16(12-15-8-4-5-9-18(15)26-20)19-11-10-17(21(25)27-19)23-22(28)29-13-14-6-2-1-3-7-14/h1-12H,13H2,(H,23,28). The van der Waals surface area contributed by atoms with E-state index in [0.29, 0.717) is 15.7 Å². The molecule has 0 atom stereocenters. The maximum absolute atomic E-state index is 12.4. The number of benzene rings is 2. The summed E-state index contributed by atoms with van der Waals surface area (Å²) in [5.74, 6) is 0.830. The first-order valence-electron chi connectivity index (χ1n) is 8.75. The smallest absolute Gasteiger partial charge is 0.360 e. The van der Waals surface area contributed by atoms with Crippen molar-refractivity contribution in [3.63, 3.8) is 0 Å². The molecule has 0 aliphatic heterocycles. The summed E-state index contributed by atoms with van der Waals surface area (Å²) in [6, 6.07) is 21.8. The van der Waals surface area contributed by atoms with Crippen molar-refractivity contribution in [2.75, 3.05) is 5.32 Å². The van der Waals surface area contributed by atoms with Crippen molar-refractivity contribution in [1.29, 1.82) is 0 Å². The normalized spacial score (nSPS) is 10.8. The SMILES string of the molecule is O=c1oc(-c2cc3ccccc3oc2=O)ccc1NC(=S)SCc1ccccc1. The van der Waals surface area contributed by atoms with Gasteiger partial charge in [0.15, 0.2) is 0 Å². The number of rotatable bonds is 4. The number of hydrogen-bond acceptors (Lipinski definition) is 6. The average Bonchev–Trinajstić information content (AvgIpc) is 2.74. The molecule has 0 amide bonds. The summed E-state index contributed by atoms with van der Waals surface area (Å²) in [4.78, 5) is 24.6. The zero-order valence-corrected chi connectivity index (χ0v) is 16.7. The first-order chi connectivity index (χ1) is 14.1. The maximum atomic E-state index is 12.4. The van der Waals surface area contributed by atoms with Crippen molar-refractivity contribution in [2.24, 2.45) is 0 Å². The van der Waals surface area contributed by atoms with E-state index in [1.165, 1.54) is 11.8 Å². The van der Waals surface area contributed by atoms with Gasteiger partial charge in [-0.3, -0.25) is 0 Å². The first kappa shape index (κ1) is 19.2. The van der Waals surface area contributed by atoms with Crippen LogP contribution in [0.1, 0.15) is 5.56 Å². The number of nitrogens with one attached hydrogen (secondary N) is 1. The van der Waals surface area contributed by atoms with Gasteiger partial charge in [-0.05, 0) is 29.8 Å². The Balaban J connectivity index is 1.52. The van der Waals surface area contributed by atoms with Crippen LogP contribution in [-0.2, 0) is 5.75 Å². The molecule has 0 radical (unpaired) electrons. The second kappa shape index (κ2) is 8.46. The lowest BCUT2D eigenvalue weighted by Gasteiger charge is -2.07. The molecule has 0 saturated carbocycles. The van der Waals surface area contributed by atoms with E-state index >= 15 is 0 Å². The molecule has 7 heteroatoms. The van der Waals surface area contributed by atoms with Crippen LogP contribution in [-0.4, -0.2) is 4.32 Å². The van der Waals surface area contributed by atoms with Gasteiger partial charge < -0.3 is 14.2 Å². The van der Waals surface area contributed by atoms with E-state index in [1.54, 1.807) is 30.3 Å². The predicted molar refractivity (Wildman–Crippen MR) is 120 cm³/mol. The molecule has 0 fully saturated rings. The highest BCUT2D eigenvalue weighted by atomic mass is 32.2. The van der Waals surface area contributed by atoms with Gasteiger partial charge in [0.2, 0.25) is 0 Å². The molecule has 1 N–H and O–H groups in total. The van der Waals surface area contributed by atoms with E-state index in [4.69, 9.17) is 21.1 Å². The van der Waals surface area contributed by atoms with Gasteiger partial charge in [0.25, 0.3) is 0 Å². The molecule has 144 valence electrons. The molecule has 2 aromatic heterocycles. The summed E-state index contributed by atoms with van der Waals surface area (Å²) in [5.41, 5.74) is 0.826. The Morgan fingerprint density at radius 3 is 2.45 bits per heavy atom. The van der Waals surface area contributed by atoms with E-state index in [1.807, 2.05) is 42.5 Å². The van der Waals surface area contributed by atoms with Crippen molar-refractivity contribution in [3.05, 3.63) is 99.2 Å². The predicted octanol–water partition coefficient (Wildman–Crippen LogP) is 5.04. The summed E-state index contributed by atoms with van der Waals surface area (Å²) >= 11 is 6.71. The fourth-order valence-electron chi connectivity index (χ4n) is 2.76. The largest absolute Gasteiger partial charge is 0.422 e. The monoisotopic (exact) mass is 421 g/mol. The quantitative estimate of drug-likeness (QED) is 0.365. The van der Waals surface area contributed by atoms with Gasteiger partial charge in [0.05, 0.1) is 0 Å². The minimum absolute atomic E-state index is 0.142. The molecule has 2 heterocycles. The zero-order valence-electron chi connectivity index (χ0n) is 15.1. The number of thioether (sulfide) groups is 1. The molecule has 0 unspecified atom stereocenters. The highest BCUT2D eigenvalue weighted by Gasteiger charge is 2.13. The van der Waals surface area contributed by atoms with Crippen LogP contribution < -0.4 is 16.6 Å². The first-order valence-corrected chi connectivity index (χ1v) is 10.1. The molecule has 2 aromatic carbocycles. The molecule has 29 heavy (non-hydrogen) atoms. The van der Waals surface area contributed by atoms with Crippen LogP contribution in [0.25, 0.3) is 22.3 Å². The molecule has 0 aliphatic rings. The zero-order chi connectivity index (χ0) is 20.2. The lowest BCUT2D eigenvalue weighted by atomic mass is 10.1. The summed E-state index contributed by atoms with van der Waals surface area (Å²) in [6.07, 6.45) is 0. The Bertz CT molecular complexity index is 1300. The third-order valence-corrected chi connectivity index (χ3v) is 5.48. The molecular weight excluding hydrogens is 406 g/mol. The van der Waals surface area contributed by atoms with E-state index in [9.17, 15) is 9.59 Å². The minimum atomic E-state index is -0.613. The van der Waals surface area contributed by atoms with Crippen LogP contribution in [0.5, 0.6) is 0 Å². The molecule has 5 nitrogen and oxygen atoms in total. The average molecular weight is 421 g/mol. The van der Waals surface area contributed by atoms with E-state index in [-0.39, 0.29) is 17.0 Å². The van der Waals surface area contributed by atoms with E-state index < -0.39 is 11.3 Å². The lowest BCUT2D eigenvalue weighted by Crippen LogP contribution is -2.14. The third kappa shape index (κ3) is 4.47. The van der Waals surface area contributed by atoms with Crippen molar-refractivity contribution in [2.45, 2.75) is 5.75 Å². The molecule has 0 bridgehead atoms. The number of hydrogen-bond donors (Lipinski definition) is 1. The minimum Gasteiger partial charge on any atom is -0.422 e. The van der Waals surface area contributed by atoms with Crippen LogP contribution in [0.4, 0.5) is 5.69 Å². The van der Waals surface area contributed by atoms with Gasteiger partial charge in [0, 0.05) is 11.1 Å².